The molecule has 0 saturated carbocycles. The maximum atomic E-state index is 6.65. The van der Waals surface area contributed by atoms with E-state index in [1.807, 2.05) is 24.3 Å². The number of anilines is 3. The molecule has 0 fully saturated rings. The highest BCUT2D eigenvalue weighted by Crippen LogP contribution is 2.45. The molecule has 0 atom stereocenters. The zero-order chi connectivity index (χ0) is 32.8. The number of hydrogen-bond acceptors (Lipinski definition) is 3. The van der Waals surface area contributed by atoms with Crippen LogP contribution < -0.4 is 4.90 Å². The number of rotatable bonds is 4. The first-order valence-electron chi connectivity index (χ1n) is 16.9. The molecule has 0 aliphatic heterocycles. The summed E-state index contributed by atoms with van der Waals surface area (Å²) in [5, 5.41) is 9.19. The molecule has 3 heterocycles. The Balaban J connectivity index is 1.19. The summed E-state index contributed by atoms with van der Waals surface area (Å²) in [5.74, 6) is 0. The van der Waals surface area contributed by atoms with E-state index in [0.29, 0.717) is 0 Å². The van der Waals surface area contributed by atoms with E-state index >= 15 is 0 Å². The quantitative estimate of drug-likeness (QED) is 0.192. The summed E-state index contributed by atoms with van der Waals surface area (Å²) < 4.78 is 15.2. The Hall–Kier alpha value is -6.78. The molecule has 234 valence electrons. The van der Waals surface area contributed by atoms with E-state index in [-0.39, 0.29) is 0 Å². The second kappa shape index (κ2) is 10.4. The van der Waals surface area contributed by atoms with Gasteiger partial charge in [0.05, 0.1) is 16.7 Å². The molecule has 0 radical (unpaired) electrons. The van der Waals surface area contributed by atoms with Crippen LogP contribution in [-0.4, -0.2) is 4.57 Å². The molecule has 0 aliphatic rings. The van der Waals surface area contributed by atoms with Crippen molar-refractivity contribution < 1.29 is 8.83 Å². The fraction of sp³-hybridized carbons (Fsp3) is 0. The SMILES string of the molecule is c1ccc(-n2c3ccccc3c3cc(N(c4ccc5c(ccc6oc7ccccc7c65)c4)c4cccc5c4oc4ccccc45)ccc32)cc1. The number of nitrogens with zero attached hydrogens (tertiary/aromatic N) is 2. The minimum atomic E-state index is 0.858. The number of fused-ring (bicyclic) bond motifs is 11. The molecule has 8 aromatic carbocycles. The van der Waals surface area contributed by atoms with Gasteiger partial charge in [-0.3, -0.25) is 0 Å². The Kier molecular flexibility index (Phi) is 5.63. The van der Waals surface area contributed by atoms with Gasteiger partial charge in [-0.15, -0.1) is 0 Å². The van der Waals surface area contributed by atoms with Gasteiger partial charge in [-0.05, 0) is 83.6 Å². The highest BCUT2D eigenvalue weighted by molar-refractivity contribution is 6.19. The van der Waals surface area contributed by atoms with E-state index in [1.54, 1.807) is 0 Å². The lowest BCUT2D eigenvalue weighted by atomic mass is 10.0. The number of hydrogen-bond donors (Lipinski definition) is 0. The van der Waals surface area contributed by atoms with E-state index in [1.165, 1.54) is 21.7 Å². The maximum absolute atomic E-state index is 6.65. The molecule has 11 rings (SSSR count). The minimum absolute atomic E-state index is 0.858. The van der Waals surface area contributed by atoms with Gasteiger partial charge in [0.25, 0.3) is 0 Å². The van der Waals surface area contributed by atoms with Gasteiger partial charge in [-0.25, -0.2) is 0 Å². The van der Waals surface area contributed by atoms with Crippen LogP contribution in [0.15, 0.2) is 179 Å². The summed E-state index contributed by atoms with van der Waals surface area (Å²) in [6.45, 7) is 0. The van der Waals surface area contributed by atoms with Crippen LogP contribution in [-0.2, 0) is 0 Å². The third-order valence-electron chi connectivity index (χ3n) is 10.2. The monoisotopic (exact) mass is 640 g/mol. The van der Waals surface area contributed by atoms with Crippen LogP contribution in [0.5, 0.6) is 0 Å². The van der Waals surface area contributed by atoms with E-state index in [9.17, 15) is 0 Å². The fourth-order valence-electron chi connectivity index (χ4n) is 7.97. The van der Waals surface area contributed by atoms with Crippen LogP contribution in [0, 0.1) is 0 Å². The van der Waals surface area contributed by atoms with Crippen LogP contribution in [0.2, 0.25) is 0 Å². The van der Waals surface area contributed by atoms with Gasteiger partial charge >= 0.3 is 0 Å². The highest BCUT2D eigenvalue weighted by Gasteiger charge is 2.22. The topological polar surface area (TPSA) is 34.5 Å². The first-order valence-corrected chi connectivity index (χ1v) is 16.9. The van der Waals surface area contributed by atoms with Crippen LogP contribution >= 0.6 is 0 Å². The molecule has 0 aliphatic carbocycles. The lowest BCUT2D eigenvalue weighted by Gasteiger charge is -2.26. The molecule has 0 amide bonds. The first kappa shape index (κ1) is 27.2. The summed E-state index contributed by atoms with van der Waals surface area (Å²) in [5.41, 5.74) is 10.1. The van der Waals surface area contributed by atoms with E-state index < -0.39 is 0 Å². The van der Waals surface area contributed by atoms with Crippen molar-refractivity contribution in [3.05, 3.63) is 170 Å². The second-order valence-corrected chi connectivity index (χ2v) is 12.9. The number of para-hydroxylation sites is 5. The maximum Gasteiger partial charge on any atom is 0.159 e. The van der Waals surface area contributed by atoms with Gasteiger partial charge in [0, 0.05) is 49.4 Å². The minimum Gasteiger partial charge on any atom is -0.456 e. The van der Waals surface area contributed by atoms with Crippen molar-refractivity contribution in [1.82, 2.24) is 4.57 Å². The summed E-state index contributed by atoms with van der Waals surface area (Å²) in [6.07, 6.45) is 0. The molecular formula is C46H28N2O2. The van der Waals surface area contributed by atoms with Crippen molar-refractivity contribution in [1.29, 1.82) is 0 Å². The summed E-state index contributed by atoms with van der Waals surface area (Å²) in [7, 11) is 0. The molecule has 0 unspecified atom stereocenters. The smallest absolute Gasteiger partial charge is 0.159 e. The molecule has 0 bridgehead atoms. The number of aromatic nitrogens is 1. The van der Waals surface area contributed by atoms with Gasteiger partial charge in [0.15, 0.2) is 5.58 Å². The standard InChI is InChI=1S/C46H28N2O2/c1-2-11-30(12-3-1)48-39-17-7-4-13-34(39)38-28-32(23-25-40(38)48)47(41-18-10-16-36-35-14-5-8-19-42(35)50-46(36)41)31-22-24-33-29(27-31)21-26-44-45(33)37-15-6-9-20-43(37)49-44/h1-28H. The first-order chi connectivity index (χ1) is 24.8. The van der Waals surface area contributed by atoms with E-state index in [0.717, 1.165) is 77.5 Å². The van der Waals surface area contributed by atoms with Crippen LogP contribution in [0.1, 0.15) is 0 Å². The van der Waals surface area contributed by atoms with Crippen molar-refractivity contribution >= 4 is 93.5 Å². The van der Waals surface area contributed by atoms with Crippen LogP contribution in [0.25, 0.3) is 82.1 Å². The van der Waals surface area contributed by atoms with Gasteiger partial charge in [0.1, 0.15) is 16.7 Å². The predicted molar refractivity (Wildman–Crippen MR) is 208 cm³/mol. The Morgan fingerprint density at radius 1 is 0.400 bits per heavy atom. The zero-order valence-electron chi connectivity index (χ0n) is 26.9. The van der Waals surface area contributed by atoms with Crippen LogP contribution in [0.4, 0.5) is 17.1 Å². The average Bonchev–Trinajstić information content (AvgIpc) is 3.85. The molecule has 0 spiro atoms. The molecule has 0 N–H and O–H groups in total. The fourth-order valence-corrected chi connectivity index (χ4v) is 7.97. The van der Waals surface area contributed by atoms with Crippen molar-refractivity contribution in [2.45, 2.75) is 0 Å². The molecular weight excluding hydrogens is 613 g/mol. The van der Waals surface area contributed by atoms with Crippen molar-refractivity contribution in [3.8, 4) is 5.69 Å². The molecule has 4 nitrogen and oxygen atoms in total. The van der Waals surface area contributed by atoms with Gasteiger partial charge in [-0.2, -0.15) is 0 Å². The van der Waals surface area contributed by atoms with Gasteiger partial charge < -0.3 is 18.3 Å². The van der Waals surface area contributed by atoms with Gasteiger partial charge in [0.2, 0.25) is 0 Å². The zero-order valence-corrected chi connectivity index (χ0v) is 26.9. The Bertz CT molecular complexity index is 3110. The summed E-state index contributed by atoms with van der Waals surface area (Å²) in [4.78, 5) is 2.34. The Morgan fingerprint density at radius 3 is 1.96 bits per heavy atom. The molecule has 4 heteroatoms. The normalized spacial score (nSPS) is 12.0. The van der Waals surface area contributed by atoms with E-state index in [4.69, 9.17) is 8.83 Å². The third-order valence-corrected chi connectivity index (χ3v) is 10.2. The second-order valence-electron chi connectivity index (χ2n) is 12.9. The predicted octanol–water partition coefficient (Wildman–Crippen LogP) is 13.2. The summed E-state index contributed by atoms with van der Waals surface area (Å²) in [6, 6.07) is 60.1. The third kappa shape index (κ3) is 3.87. The molecule has 11 aromatic rings. The van der Waals surface area contributed by atoms with Gasteiger partial charge in [-0.1, -0.05) is 97.1 Å². The molecule has 50 heavy (non-hydrogen) atoms. The number of furan rings is 2. The number of benzene rings is 8. The van der Waals surface area contributed by atoms with E-state index in [2.05, 4.69) is 155 Å². The largest absolute Gasteiger partial charge is 0.456 e. The van der Waals surface area contributed by atoms with Crippen molar-refractivity contribution in [2.75, 3.05) is 4.90 Å². The average molecular weight is 641 g/mol. The summed E-state index contributed by atoms with van der Waals surface area (Å²) >= 11 is 0. The Labute approximate surface area is 286 Å². The highest BCUT2D eigenvalue weighted by atomic mass is 16.3. The Morgan fingerprint density at radius 2 is 1.08 bits per heavy atom. The lowest BCUT2D eigenvalue weighted by Crippen LogP contribution is -2.10. The molecule has 3 aromatic heterocycles. The van der Waals surface area contributed by atoms with Crippen molar-refractivity contribution in [2.24, 2.45) is 0 Å². The van der Waals surface area contributed by atoms with Crippen LogP contribution in [0.3, 0.4) is 0 Å². The lowest BCUT2D eigenvalue weighted by molar-refractivity contribution is 0.669. The van der Waals surface area contributed by atoms with Crippen molar-refractivity contribution in [3.63, 3.8) is 0 Å². The molecule has 0 saturated heterocycles.